The van der Waals surface area contributed by atoms with Gasteiger partial charge in [0, 0.05) is 12.5 Å². The Hall–Kier alpha value is -2.68. The molecule has 0 aliphatic heterocycles. The van der Waals surface area contributed by atoms with Crippen molar-refractivity contribution in [3.63, 3.8) is 0 Å². The maximum absolute atomic E-state index is 11.8. The van der Waals surface area contributed by atoms with Gasteiger partial charge >= 0.3 is 0 Å². The summed E-state index contributed by atoms with van der Waals surface area (Å²) in [7, 11) is 1.87. The fraction of sp³-hybridized carbons (Fsp3) is 0.515. The maximum Gasteiger partial charge on any atom is 0.178 e. The van der Waals surface area contributed by atoms with Crippen LogP contribution in [0.15, 0.2) is 67.8 Å². The second kappa shape index (κ2) is 11.6. The Bertz CT molecular complexity index is 1050. The number of aryl methyl sites for hydroxylation is 1. The monoisotopic (exact) mass is 486 g/mol. The predicted molar refractivity (Wildman–Crippen MR) is 155 cm³/mol. The molecule has 0 aromatic carbocycles. The van der Waals surface area contributed by atoms with Gasteiger partial charge in [0.15, 0.2) is 5.78 Å². The van der Waals surface area contributed by atoms with Crippen LogP contribution in [0.2, 0.25) is 0 Å². The van der Waals surface area contributed by atoms with Gasteiger partial charge in [-0.25, -0.2) is 4.98 Å². The van der Waals surface area contributed by atoms with Gasteiger partial charge in [-0.15, -0.1) is 19.7 Å². The van der Waals surface area contributed by atoms with Crippen molar-refractivity contribution in [2.24, 2.45) is 34.5 Å². The molecule has 0 amide bonds. The molecule has 0 saturated heterocycles. The number of hydrogen-bond acceptors (Lipinski definition) is 3. The highest BCUT2D eigenvalue weighted by atomic mass is 16.1. The van der Waals surface area contributed by atoms with E-state index in [1.807, 2.05) is 44.3 Å². The first-order chi connectivity index (χ1) is 17.3. The summed E-state index contributed by atoms with van der Waals surface area (Å²) in [6.45, 7) is 19.1. The van der Waals surface area contributed by atoms with E-state index in [0.717, 1.165) is 35.7 Å². The summed E-state index contributed by atoms with van der Waals surface area (Å²) in [5, 5.41) is 3.01. The molecule has 0 radical (unpaired) electrons. The van der Waals surface area contributed by atoms with Gasteiger partial charge in [-0.3, -0.25) is 4.79 Å². The molecule has 0 spiro atoms. The van der Waals surface area contributed by atoms with Crippen molar-refractivity contribution in [3.8, 4) is 0 Å². The number of carbonyl (C=O) groups is 1. The van der Waals surface area contributed by atoms with E-state index in [1.165, 1.54) is 43.2 Å². The summed E-state index contributed by atoms with van der Waals surface area (Å²) < 4.78 is 0. The summed E-state index contributed by atoms with van der Waals surface area (Å²) >= 11 is 0. The van der Waals surface area contributed by atoms with Crippen molar-refractivity contribution in [1.82, 2.24) is 4.98 Å². The molecule has 0 bridgehead atoms. The van der Waals surface area contributed by atoms with Gasteiger partial charge in [-0.1, -0.05) is 43.7 Å². The van der Waals surface area contributed by atoms with E-state index < -0.39 is 0 Å². The van der Waals surface area contributed by atoms with Gasteiger partial charge in [0.2, 0.25) is 0 Å². The van der Waals surface area contributed by atoms with Gasteiger partial charge in [-0.05, 0) is 111 Å². The lowest BCUT2D eigenvalue weighted by Crippen LogP contribution is -2.49. The second-order valence-electron chi connectivity index (χ2n) is 11.2. The van der Waals surface area contributed by atoms with Crippen molar-refractivity contribution < 1.29 is 4.79 Å². The van der Waals surface area contributed by atoms with E-state index in [-0.39, 0.29) is 11.2 Å². The molecule has 1 aromatic heterocycles. The number of fused-ring (bicyclic) bond motifs is 5. The number of aromatic nitrogens is 1. The van der Waals surface area contributed by atoms with E-state index in [0.29, 0.717) is 11.3 Å². The van der Waals surface area contributed by atoms with E-state index in [2.05, 4.69) is 69.0 Å². The number of carbonyl (C=O) groups excluding carboxylic acids is 1. The van der Waals surface area contributed by atoms with E-state index in [4.69, 9.17) is 0 Å². The van der Waals surface area contributed by atoms with E-state index in [9.17, 15) is 4.79 Å². The molecule has 1 heterocycles. The van der Waals surface area contributed by atoms with Crippen LogP contribution in [0.1, 0.15) is 70.6 Å². The van der Waals surface area contributed by atoms with Crippen molar-refractivity contribution in [1.29, 1.82) is 0 Å². The fourth-order valence-corrected chi connectivity index (χ4v) is 7.64. The van der Waals surface area contributed by atoms with Crippen molar-refractivity contribution >= 4 is 17.7 Å². The number of allylic oxidation sites excluding steroid dienone is 6. The number of ketones is 1. The Morgan fingerprint density at radius 1 is 1.11 bits per heavy atom. The molecule has 6 unspecified atom stereocenters. The summed E-state index contributed by atoms with van der Waals surface area (Å²) in [6, 6.07) is 4.04. The average Bonchev–Trinajstić information content (AvgIpc) is 3.24. The van der Waals surface area contributed by atoms with Crippen molar-refractivity contribution in [2.45, 2.75) is 66.2 Å². The molecule has 3 fully saturated rings. The highest BCUT2D eigenvalue weighted by Crippen LogP contribution is 2.66. The Morgan fingerprint density at radius 2 is 1.86 bits per heavy atom. The minimum absolute atomic E-state index is 0.143. The lowest BCUT2D eigenvalue weighted by atomic mass is 9.48. The highest BCUT2D eigenvalue weighted by molar-refractivity contribution is 6.01. The van der Waals surface area contributed by atoms with Crippen LogP contribution in [0, 0.1) is 41.4 Å². The fourth-order valence-electron chi connectivity index (χ4n) is 7.64. The summed E-state index contributed by atoms with van der Waals surface area (Å²) in [6.07, 6.45) is 20.0. The maximum atomic E-state index is 11.8. The van der Waals surface area contributed by atoms with Crippen LogP contribution < -0.4 is 5.32 Å². The average molecular weight is 487 g/mol. The smallest absolute Gasteiger partial charge is 0.178 e. The first kappa shape index (κ1) is 27.9. The first-order valence-electron chi connectivity index (χ1n) is 13.6. The normalized spacial score (nSPS) is 34.1. The molecule has 1 N–H and O–H groups in total. The van der Waals surface area contributed by atoms with E-state index in [1.54, 1.807) is 0 Å². The van der Waals surface area contributed by atoms with Crippen LogP contribution in [-0.4, -0.2) is 17.8 Å². The molecule has 194 valence electrons. The highest BCUT2D eigenvalue weighted by Gasteiger charge is 2.57. The molecule has 4 aliphatic rings. The summed E-state index contributed by atoms with van der Waals surface area (Å²) in [4.78, 5) is 16.1. The molecule has 5 rings (SSSR count). The quantitative estimate of drug-likeness (QED) is 0.436. The molecule has 36 heavy (non-hydrogen) atoms. The lowest BCUT2D eigenvalue weighted by Gasteiger charge is -2.57. The Balaban J connectivity index is 0.000000220. The third-order valence-electron chi connectivity index (χ3n) is 9.63. The zero-order valence-electron chi connectivity index (χ0n) is 23.1. The lowest BCUT2D eigenvalue weighted by molar-refractivity contribution is -0.111. The summed E-state index contributed by atoms with van der Waals surface area (Å²) in [5.74, 6) is 4.25. The Labute approximate surface area is 219 Å². The zero-order valence-corrected chi connectivity index (χ0v) is 23.1. The number of nitrogens with one attached hydrogen (secondary N) is 1. The SMILES string of the molecule is C/C=C\c1nc(NC)ccc1C.C=C.C=CC1CCC2C3CCC4=CC(=O)C=CC4(C)C3CCC12C. The Morgan fingerprint density at radius 3 is 2.53 bits per heavy atom. The largest absolute Gasteiger partial charge is 0.373 e. The molecule has 3 saturated carbocycles. The molecule has 6 atom stereocenters. The van der Waals surface area contributed by atoms with E-state index >= 15 is 0 Å². The minimum atomic E-state index is 0.143. The van der Waals surface area contributed by atoms with Crippen LogP contribution in [0.25, 0.3) is 6.08 Å². The minimum Gasteiger partial charge on any atom is -0.373 e. The molecule has 4 aliphatic carbocycles. The first-order valence-corrected chi connectivity index (χ1v) is 13.6. The molecule has 3 nitrogen and oxygen atoms in total. The molecule has 1 aromatic rings. The van der Waals surface area contributed by atoms with Gasteiger partial charge in [0.1, 0.15) is 5.82 Å². The van der Waals surface area contributed by atoms with Crippen molar-refractivity contribution in [2.75, 3.05) is 12.4 Å². The van der Waals surface area contributed by atoms with Gasteiger partial charge in [0.25, 0.3) is 0 Å². The van der Waals surface area contributed by atoms with Crippen LogP contribution in [-0.2, 0) is 4.79 Å². The Kier molecular flexibility index (Phi) is 8.98. The molecule has 3 heteroatoms. The zero-order chi connectivity index (χ0) is 26.5. The predicted octanol–water partition coefficient (Wildman–Crippen LogP) is 8.36. The van der Waals surface area contributed by atoms with Crippen LogP contribution in [0.5, 0.6) is 0 Å². The van der Waals surface area contributed by atoms with Gasteiger partial charge < -0.3 is 5.32 Å². The topological polar surface area (TPSA) is 42.0 Å². The van der Waals surface area contributed by atoms with Crippen LogP contribution in [0.4, 0.5) is 5.82 Å². The third-order valence-corrected chi connectivity index (χ3v) is 9.63. The van der Waals surface area contributed by atoms with Crippen LogP contribution >= 0.6 is 0 Å². The number of pyridine rings is 1. The second-order valence-corrected chi connectivity index (χ2v) is 11.2. The molecular weight excluding hydrogens is 440 g/mol. The third kappa shape index (κ3) is 5.08. The number of anilines is 1. The summed E-state index contributed by atoms with van der Waals surface area (Å²) in [5.41, 5.74) is 4.26. The molecular formula is C33H46N2O. The van der Waals surface area contributed by atoms with Crippen LogP contribution in [0.3, 0.4) is 0 Å². The van der Waals surface area contributed by atoms with Gasteiger partial charge in [0.05, 0.1) is 5.69 Å². The number of hydrogen-bond donors (Lipinski definition) is 1. The standard InChI is InChI=1S/C21H28O.C10H14N2.C2H4/c1-4-14-6-8-18-17-7-5-15-13-16(22)9-11-21(15,3)19(17)10-12-20(14,18)2;1-4-5-9-8(2)6-7-10(11-3)12-9;1-2/h4,9,11,13-14,17-19H,1,5-8,10,12H2,2-3H3;4-7H,1-3H3,(H,11,12);1-2H2/b;5-4-;. The number of rotatable bonds is 3. The van der Waals surface area contributed by atoms with Gasteiger partial charge in [-0.2, -0.15) is 0 Å². The number of nitrogens with zero attached hydrogens (tertiary/aromatic N) is 1. The van der Waals surface area contributed by atoms with Crippen molar-refractivity contribution in [3.05, 3.63) is 79.1 Å².